The van der Waals surface area contributed by atoms with Gasteiger partial charge in [-0.05, 0) is 12.8 Å². The van der Waals surface area contributed by atoms with E-state index in [0.717, 1.165) is 22.7 Å². The highest BCUT2D eigenvalue weighted by Gasteiger charge is 2.35. The number of fused-ring (bicyclic) bond motifs is 2. The molecular weight excluding hydrogens is 292 g/mol. The summed E-state index contributed by atoms with van der Waals surface area (Å²) < 4.78 is 1.43. The minimum atomic E-state index is -0.0934. The number of hydrogen-bond acceptors (Lipinski definition) is 6. The summed E-state index contributed by atoms with van der Waals surface area (Å²) >= 11 is 3.64. The summed E-state index contributed by atoms with van der Waals surface area (Å²) in [4.78, 5) is 19.2. The average Bonchev–Trinajstić information content (AvgIpc) is 2.92. The van der Waals surface area contributed by atoms with E-state index in [1.54, 1.807) is 6.20 Å². The Morgan fingerprint density at radius 2 is 2.20 bits per heavy atom. The summed E-state index contributed by atoms with van der Waals surface area (Å²) in [6.07, 6.45) is 6.78. The summed E-state index contributed by atoms with van der Waals surface area (Å²) in [6, 6.07) is 2.05. The standard InChI is InChI=1S/C13H16N4OS2/c18-11-5-6-14-12-17(11)15-13(20-12)16-7-8-19-10-4-2-1-3-9(10)16/h5-6,9-10H,1-4,7-8H2. The molecule has 106 valence electrons. The molecule has 3 heterocycles. The minimum Gasteiger partial charge on any atom is -0.342 e. The fourth-order valence-corrected chi connectivity index (χ4v) is 5.59. The molecule has 1 saturated carbocycles. The third-order valence-corrected chi connectivity index (χ3v) is 6.49. The third-order valence-electron chi connectivity index (χ3n) is 4.14. The van der Waals surface area contributed by atoms with Gasteiger partial charge in [-0.15, -0.1) is 5.10 Å². The first-order valence-corrected chi connectivity index (χ1v) is 8.92. The molecule has 2 aromatic rings. The Bertz CT molecular complexity index is 680. The maximum absolute atomic E-state index is 11.8. The fourth-order valence-electron chi connectivity index (χ4n) is 3.18. The van der Waals surface area contributed by atoms with Gasteiger partial charge in [0.05, 0.1) is 0 Å². The fraction of sp³-hybridized carbons (Fsp3) is 0.615. The van der Waals surface area contributed by atoms with Crippen molar-refractivity contribution in [3.05, 3.63) is 22.6 Å². The van der Waals surface area contributed by atoms with Crippen molar-refractivity contribution in [2.75, 3.05) is 17.2 Å². The molecule has 0 bridgehead atoms. The van der Waals surface area contributed by atoms with Crippen LogP contribution in [-0.2, 0) is 0 Å². The van der Waals surface area contributed by atoms with E-state index >= 15 is 0 Å². The van der Waals surface area contributed by atoms with E-state index in [1.165, 1.54) is 47.6 Å². The van der Waals surface area contributed by atoms with Crippen LogP contribution in [0.1, 0.15) is 25.7 Å². The molecule has 2 aromatic heterocycles. The summed E-state index contributed by atoms with van der Waals surface area (Å²) in [5, 5.41) is 6.19. The number of aromatic nitrogens is 3. The highest BCUT2D eigenvalue weighted by molar-refractivity contribution is 8.00. The van der Waals surface area contributed by atoms with Gasteiger partial charge in [0.15, 0.2) is 0 Å². The number of hydrogen-bond donors (Lipinski definition) is 0. The second-order valence-electron chi connectivity index (χ2n) is 5.32. The van der Waals surface area contributed by atoms with Crippen molar-refractivity contribution in [2.24, 2.45) is 0 Å². The normalized spacial score (nSPS) is 26.7. The van der Waals surface area contributed by atoms with Gasteiger partial charge in [-0.25, -0.2) is 4.98 Å². The Morgan fingerprint density at radius 3 is 3.10 bits per heavy atom. The topological polar surface area (TPSA) is 50.5 Å². The molecule has 0 radical (unpaired) electrons. The smallest absolute Gasteiger partial charge is 0.275 e. The largest absolute Gasteiger partial charge is 0.342 e. The van der Waals surface area contributed by atoms with Gasteiger partial charge in [-0.3, -0.25) is 4.79 Å². The van der Waals surface area contributed by atoms with Gasteiger partial charge in [0.25, 0.3) is 5.56 Å². The van der Waals surface area contributed by atoms with Crippen molar-refractivity contribution in [3.8, 4) is 0 Å². The van der Waals surface area contributed by atoms with Gasteiger partial charge in [-0.1, -0.05) is 24.2 Å². The molecule has 0 spiro atoms. The number of nitrogens with zero attached hydrogens (tertiary/aromatic N) is 4. The molecule has 2 atom stereocenters. The van der Waals surface area contributed by atoms with Crippen LogP contribution < -0.4 is 10.5 Å². The highest BCUT2D eigenvalue weighted by atomic mass is 32.2. The monoisotopic (exact) mass is 308 g/mol. The van der Waals surface area contributed by atoms with Crippen molar-refractivity contribution in [2.45, 2.75) is 37.0 Å². The molecule has 4 rings (SSSR count). The molecule has 0 amide bonds. The van der Waals surface area contributed by atoms with Crippen molar-refractivity contribution in [1.82, 2.24) is 14.6 Å². The Labute approximate surface area is 125 Å². The van der Waals surface area contributed by atoms with Gasteiger partial charge >= 0.3 is 0 Å². The highest BCUT2D eigenvalue weighted by Crippen LogP contribution is 2.38. The molecule has 2 fully saturated rings. The van der Waals surface area contributed by atoms with Gasteiger partial charge in [0, 0.05) is 35.9 Å². The van der Waals surface area contributed by atoms with E-state index in [4.69, 9.17) is 0 Å². The predicted octanol–water partition coefficient (Wildman–Crippen LogP) is 2.02. The van der Waals surface area contributed by atoms with Gasteiger partial charge in [0.2, 0.25) is 10.1 Å². The van der Waals surface area contributed by atoms with Gasteiger partial charge in [-0.2, -0.15) is 16.3 Å². The predicted molar refractivity (Wildman–Crippen MR) is 83.0 cm³/mol. The third kappa shape index (κ3) is 2.03. The molecule has 2 unspecified atom stereocenters. The molecule has 20 heavy (non-hydrogen) atoms. The Kier molecular flexibility index (Phi) is 3.18. The SMILES string of the molecule is O=c1ccnc2sc(N3CCSC4CCCCC43)nn12. The zero-order chi connectivity index (χ0) is 13.5. The van der Waals surface area contributed by atoms with Crippen LogP contribution in [0, 0.1) is 0 Å². The van der Waals surface area contributed by atoms with E-state index in [0.29, 0.717) is 11.0 Å². The van der Waals surface area contributed by atoms with Crippen LogP contribution in [0.25, 0.3) is 4.96 Å². The van der Waals surface area contributed by atoms with Crippen molar-refractivity contribution in [1.29, 1.82) is 0 Å². The van der Waals surface area contributed by atoms with E-state index < -0.39 is 0 Å². The zero-order valence-corrected chi connectivity index (χ0v) is 12.7. The molecule has 2 aliphatic rings. The first-order valence-electron chi connectivity index (χ1n) is 7.06. The first kappa shape index (κ1) is 12.6. The molecular formula is C13H16N4OS2. The van der Waals surface area contributed by atoms with E-state index in [2.05, 4.69) is 26.7 Å². The van der Waals surface area contributed by atoms with E-state index in [1.807, 2.05) is 0 Å². The van der Waals surface area contributed by atoms with Crippen LogP contribution in [0.5, 0.6) is 0 Å². The molecule has 1 aliphatic carbocycles. The van der Waals surface area contributed by atoms with E-state index in [9.17, 15) is 4.79 Å². The lowest BCUT2D eigenvalue weighted by molar-refractivity contribution is 0.421. The molecule has 5 nitrogen and oxygen atoms in total. The molecule has 1 aliphatic heterocycles. The van der Waals surface area contributed by atoms with Crippen LogP contribution in [0.4, 0.5) is 5.13 Å². The maximum Gasteiger partial charge on any atom is 0.275 e. The molecule has 1 saturated heterocycles. The second kappa shape index (κ2) is 5.04. The maximum atomic E-state index is 11.8. The zero-order valence-electron chi connectivity index (χ0n) is 11.1. The summed E-state index contributed by atoms with van der Waals surface area (Å²) in [5.74, 6) is 1.15. The lowest BCUT2D eigenvalue weighted by Crippen LogP contribution is -2.49. The Hall–Kier alpha value is -1.08. The van der Waals surface area contributed by atoms with Crippen LogP contribution >= 0.6 is 23.1 Å². The Balaban J connectivity index is 1.73. The van der Waals surface area contributed by atoms with Gasteiger partial charge < -0.3 is 4.90 Å². The summed E-state index contributed by atoms with van der Waals surface area (Å²) in [6.45, 7) is 1.03. The van der Waals surface area contributed by atoms with Crippen LogP contribution in [0.3, 0.4) is 0 Å². The lowest BCUT2D eigenvalue weighted by atomic mass is 9.93. The lowest BCUT2D eigenvalue weighted by Gasteiger charge is -2.43. The number of anilines is 1. The van der Waals surface area contributed by atoms with Crippen molar-refractivity contribution >= 4 is 33.2 Å². The van der Waals surface area contributed by atoms with Crippen LogP contribution in [-0.4, -0.2) is 38.2 Å². The number of rotatable bonds is 1. The summed E-state index contributed by atoms with van der Waals surface area (Å²) in [5.41, 5.74) is -0.0934. The molecule has 7 heteroatoms. The molecule has 0 N–H and O–H groups in total. The van der Waals surface area contributed by atoms with E-state index in [-0.39, 0.29) is 5.56 Å². The first-order chi connectivity index (χ1) is 9.83. The quantitative estimate of drug-likeness (QED) is 0.806. The van der Waals surface area contributed by atoms with Crippen molar-refractivity contribution < 1.29 is 0 Å². The summed E-state index contributed by atoms with van der Waals surface area (Å²) in [7, 11) is 0. The van der Waals surface area contributed by atoms with Crippen LogP contribution in [0.15, 0.2) is 17.1 Å². The van der Waals surface area contributed by atoms with Gasteiger partial charge in [0.1, 0.15) is 0 Å². The second-order valence-corrected chi connectivity index (χ2v) is 7.60. The average molecular weight is 308 g/mol. The van der Waals surface area contributed by atoms with Crippen molar-refractivity contribution in [3.63, 3.8) is 0 Å². The molecule has 0 aromatic carbocycles. The number of thioether (sulfide) groups is 1. The minimum absolute atomic E-state index is 0.0934. The van der Waals surface area contributed by atoms with Crippen LogP contribution in [0.2, 0.25) is 0 Å². The Morgan fingerprint density at radius 1 is 1.30 bits per heavy atom.